The Morgan fingerprint density at radius 3 is 2.79 bits per heavy atom. The van der Waals surface area contributed by atoms with Crippen LogP contribution in [0.3, 0.4) is 0 Å². The molecule has 0 aromatic carbocycles. The van der Waals surface area contributed by atoms with Crippen molar-refractivity contribution in [1.29, 1.82) is 0 Å². The van der Waals surface area contributed by atoms with Gasteiger partial charge in [-0.3, -0.25) is 9.59 Å². The molecule has 5 aliphatic carbocycles. The zero-order valence-corrected chi connectivity index (χ0v) is 18.1. The van der Waals surface area contributed by atoms with Crippen LogP contribution < -0.4 is 5.32 Å². The molecular weight excluding hydrogens is 358 g/mol. The van der Waals surface area contributed by atoms with E-state index in [1.807, 2.05) is 6.08 Å². The van der Waals surface area contributed by atoms with E-state index in [0.717, 1.165) is 31.2 Å². The molecule has 0 aromatic rings. The van der Waals surface area contributed by atoms with Gasteiger partial charge in [0.05, 0.1) is 0 Å². The second kappa shape index (κ2) is 6.44. The fourth-order valence-corrected chi connectivity index (χ4v) is 9.36. The molecule has 1 N–H and O–H groups in total. The highest BCUT2D eigenvalue weighted by molar-refractivity contribution is 5.91. The van der Waals surface area contributed by atoms with Crippen LogP contribution in [0.2, 0.25) is 0 Å². The Hall–Kier alpha value is -1.12. The summed E-state index contributed by atoms with van der Waals surface area (Å²) in [5.41, 5.74) is 1.67. The molecule has 3 unspecified atom stereocenters. The van der Waals surface area contributed by atoms with Crippen molar-refractivity contribution in [2.45, 2.75) is 84.0 Å². The maximum Gasteiger partial charge on any atom is 0.157 e. The Labute approximate surface area is 175 Å². The number of rotatable bonds is 3. The van der Waals surface area contributed by atoms with Gasteiger partial charge in [0, 0.05) is 42.5 Å². The number of carbonyl (C=O) groups excluding carboxylic acids is 2. The van der Waals surface area contributed by atoms with Gasteiger partial charge in [0.25, 0.3) is 0 Å². The van der Waals surface area contributed by atoms with Crippen molar-refractivity contribution < 1.29 is 9.59 Å². The van der Waals surface area contributed by atoms with Gasteiger partial charge < -0.3 is 5.32 Å². The Balaban J connectivity index is 1.24. The topological polar surface area (TPSA) is 46.2 Å². The van der Waals surface area contributed by atoms with Crippen LogP contribution >= 0.6 is 0 Å². The molecule has 3 nitrogen and oxygen atoms in total. The number of fused-ring (bicyclic) bond motifs is 7. The summed E-state index contributed by atoms with van der Waals surface area (Å²) < 4.78 is 0. The number of piperidine rings is 1. The van der Waals surface area contributed by atoms with Crippen LogP contribution in [0.15, 0.2) is 11.8 Å². The highest BCUT2D eigenvalue weighted by Crippen LogP contribution is 2.64. The highest BCUT2D eigenvalue weighted by atomic mass is 16.1. The van der Waals surface area contributed by atoms with E-state index in [2.05, 4.69) is 12.2 Å². The van der Waals surface area contributed by atoms with Gasteiger partial charge >= 0.3 is 0 Å². The summed E-state index contributed by atoms with van der Waals surface area (Å²) in [6.45, 7) is 3.44. The van der Waals surface area contributed by atoms with Crippen molar-refractivity contribution in [2.24, 2.45) is 46.3 Å². The second-order valence-corrected chi connectivity index (χ2v) is 11.9. The predicted molar refractivity (Wildman–Crippen MR) is 113 cm³/mol. The maximum atomic E-state index is 13.5. The van der Waals surface area contributed by atoms with Crippen LogP contribution in [0.1, 0.15) is 84.0 Å². The summed E-state index contributed by atoms with van der Waals surface area (Å²) in [6, 6.07) is 0. The zero-order valence-electron chi connectivity index (χ0n) is 18.1. The molecule has 1 heterocycles. The van der Waals surface area contributed by atoms with E-state index in [1.54, 1.807) is 0 Å². The molecule has 29 heavy (non-hydrogen) atoms. The molecular formula is C26H37NO2. The number of hydrogen-bond donors (Lipinski definition) is 1. The summed E-state index contributed by atoms with van der Waals surface area (Å²) in [7, 11) is 0. The van der Waals surface area contributed by atoms with Gasteiger partial charge in [0.15, 0.2) is 5.78 Å². The maximum absolute atomic E-state index is 13.5. The van der Waals surface area contributed by atoms with Crippen molar-refractivity contribution in [3.8, 4) is 0 Å². The predicted octanol–water partition coefficient (Wildman–Crippen LogP) is 5.05. The first-order valence-electron chi connectivity index (χ1n) is 12.5. The molecule has 0 aromatic heterocycles. The molecule has 6 rings (SSSR count). The molecule has 1 saturated heterocycles. The smallest absolute Gasteiger partial charge is 0.157 e. The van der Waals surface area contributed by atoms with Gasteiger partial charge in [-0.2, -0.15) is 0 Å². The summed E-state index contributed by atoms with van der Waals surface area (Å²) >= 11 is 0. The Morgan fingerprint density at radius 1 is 1.10 bits per heavy atom. The largest absolute Gasteiger partial charge is 0.387 e. The van der Waals surface area contributed by atoms with Gasteiger partial charge in [-0.1, -0.05) is 19.8 Å². The summed E-state index contributed by atoms with van der Waals surface area (Å²) in [6.07, 6.45) is 16.2. The molecule has 158 valence electrons. The molecule has 0 amide bonds. The van der Waals surface area contributed by atoms with E-state index < -0.39 is 0 Å². The van der Waals surface area contributed by atoms with E-state index in [4.69, 9.17) is 0 Å². The van der Waals surface area contributed by atoms with E-state index in [1.165, 1.54) is 63.5 Å². The van der Waals surface area contributed by atoms with Gasteiger partial charge in [0.2, 0.25) is 0 Å². The van der Waals surface area contributed by atoms with E-state index >= 15 is 0 Å². The van der Waals surface area contributed by atoms with Crippen LogP contribution in [0, 0.1) is 46.3 Å². The molecule has 8 atom stereocenters. The third kappa shape index (κ3) is 2.67. The first kappa shape index (κ1) is 18.6. The van der Waals surface area contributed by atoms with Crippen LogP contribution in [-0.4, -0.2) is 18.1 Å². The molecule has 2 bridgehead atoms. The number of hydrogen-bond acceptors (Lipinski definition) is 3. The van der Waals surface area contributed by atoms with Crippen molar-refractivity contribution in [3.63, 3.8) is 0 Å². The Bertz CT molecular complexity index is 771. The molecule has 5 fully saturated rings. The molecule has 6 aliphatic rings. The lowest BCUT2D eigenvalue weighted by Crippen LogP contribution is -2.56. The third-order valence-corrected chi connectivity index (χ3v) is 10.8. The fraction of sp³-hybridized carbons (Fsp3) is 0.846. The molecule has 4 saturated carbocycles. The zero-order chi connectivity index (χ0) is 19.8. The lowest BCUT2D eigenvalue weighted by atomic mass is 9.49. The molecule has 0 radical (unpaired) electrons. The SMILES string of the molecule is C[C@]12CCC(=O)C=C1NC[C@H]1[C@@H]3CCC[C@@]3(CC(=O)C3CC4CCC3C4)CC[C@@H]12. The molecule has 3 heteroatoms. The van der Waals surface area contributed by atoms with E-state index in [-0.39, 0.29) is 5.41 Å². The van der Waals surface area contributed by atoms with Gasteiger partial charge in [-0.05, 0) is 86.4 Å². The Morgan fingerprint density at radius 2 is 2.00 bits per heavy atom. The molecule has 1 aliphatic heterocycles. The monoisotopic (exact) mass is 395 g/mol. The van der Waals surface area contributed by atoms with Crippen molar-refractivity contribution in [1.82, 2.24) is 5.32 Å². The van der Waals surface area contributed by atoms with Crippen molar-refractivity contribution in [2.75, 3.05) is 6.54 Å². The normalized spacial score (nSPS) is 50.4. The van der Waals surface area contributed by atoms with E-state index in [0.29, 0.717) is 47.1 Å². The van der Waals surface area contributed by atoms with Crippen molar-refractivity contribution >= 4 is 11.6 Å². The summed E-state index contributed by atoms with van der Waals surface area (Å²) in [4.78, 5) is 25.5. The average molecular weight is 396 g/mol. The number of nitrogens with one attached hydrogen (secondary N) is 1. The standard InChI is InChI=1S/C26H37NO2/c1-25-9-6-18(28)13-24(25)27-15-20-21(25)7-10-26(8-2-3-22(20)26)14-23(29)19-12-16-4-5-17(19)11-16/h13,16-17,19-22,27H,2-12,14-15H2,1H3/t16?,17?,19?,20-,21+,22+,25-,26+/m1/s1. The summed E-state index contributed by atoms with van der Waals surface area (Å²) in [5.74, 6) is 5.03. The lowest BCUT2D eigenvalue weighted by Gasteiger charge is -2.58. The van der Waals surface area contributed by atoms with Crippen LogP contribution in [0.5, 0.6) is 0 Å². The van der Waals surface area contributed by atoms with Crippen LogP contribution in [0.25, 0.3) is 0 Å². The lowest BCUT2D eigenvalue weighted by molar-refractivity contribution is -0.131. The first-order valence-corrected chi connectivity index (χ1v) is 12.5. The third-order valence-electron chi connectivity index (χ3n) is 10.8. The minimum Gasteiger partial charge on any atom is -0.387 e. The first-order chi connectivity index (χ1) is 14.0. The molecule has 0 spiro atoms. The van der Waals surface area contributed by atoms with Crippen LogP contribution in [-0.2, 0) is 9.59 Å². The summed E-state index contributed by atoms with van der Waals surface area (Å²) in [5, 5.41) is 3.71. The van der Waals surface area contributed by atoms with E-state index in [9.17, 15) is 9.59 Å². The minimum absolute atomic E-state index is 0.153. The number of allylic oxidation sites excluding steroid dienone is 2. The number of ketones is 2. The van der Waals surface area contributed by atoms with Crippen LogP contribution in [0.4, 0.5) is 0 Å². The number of carbonyl (C=O) groups is 2. The number of Topliss-reactive ketones (excluding diaryl/α,β-unsaturated/α-hetero) is 1. The second-order valence-electron chi connectivity index (χ2n) is 11.9. The van der Waals surface area contributed by atoms with Gasteiger partial charge in [-0.25, -0.2) is 0 Å². The average Bonchev–Trinajstić information content (AvgIpc) is 3.43. The van der Waals surface area contributed by atoms with Gasteiger partial charge in [0.1, 0.15) is 5.78 Å². The highest BCUT2D eigenvalue weighted by Gasteiger charge is 2.59. The minimum atomic E-state index is 0.153. The van der Waals surface area contributed by atoms with Crippen molar-refractivity contribution in [3.05, 3.63) is 11.8 Å². The fourth-order valence-electron chi connectivity index (χ4n) is 9.36. The Kier molecular flexibility index (Phi) is 4.14. The van der Waals surface area contributed by atoms with Gasteiger partial charge in [-0.15, -0.1) is 0 Å². The quantitative estimate of drug-likeness (QED) is 0.727.